The number of hydrogen-bond acceptors (Lipinski definition) is 4. The van der Waals surface area contributed by atoms with Crippen LogP contribution in [0.5, 0.6) is 0 Å². The number of carbonyl (C=O) groups excluding carboxylic acids is 1. The summed E-state index contributed by atoms with van der Waals surface area (Å²) < 4.78 is 14.0. The van der Waals surface area contributed by atoms with Crippen LogP contribution in [0, 0.1) is 5.92 Å². The van der Waals surface area contributed by atoms with Crippen LogP contribution in [0.4, 0.5) is 0 Å². The lowest BCUT2D eigenvalue weighted by molar-refractivity contribution is 0.0895. The average molecular weight is 303 g/mol. The van der Waals surface area contributed by atoms with Gasteiger partial charge in [0.25, 0.3) is 0 Å². The molecule has 0 aromatic carbocycles. The van der Waals surface area contributed by atoms with Crippen molar-refractivity contribution >= 4 is 22.2 Å². The van der Waals surface area contributed by atoms with E-state index >= 15 is 0 Å². The largest absolute Gasteiger partial charge is 0.294 e. The standard InChI is InChI=1S/C15H17N3O2S/c19-15(10-4-5-14-17-16-9-18(14)8-10)11-6-12-2-1-3-13(7-11)21(12)20/h4-5,8-9,11-13H,1-3,6-7H2. The number of hydrogen-bond donors (Lipinski definition) is 0. The molecule has 2 aliphatic rings. The number of nitrogens with zero attached hydrogens (tertiary/aromatic N) is 3. The van der Waals surface area contributed by atoms with Gasteiger partial charge >= 0.3 is 0 Å². The van der Waals surface area contributed by atoms with E-state index in [0.29, 0.717) is 5.56 Å². The van der Waals surface area contributed by atoms with Gasteiger partial charge < -0.3 is 0 Å². The van der Waals surface area contributed by atoms with Crippen molar-refractivity contribution in [2.45, 2.75) is 42.6 Å². The lowest BCUT2D eigenvalue weighted by Gasteiger charge is -2.37. The van der Waals surface area contributed by atoms with E-state index in [1.54, 1.807) is 16.9 Å². The van der Waals surface area contributed by atoms with Crippen molar-refractivity contribution in [1.29, 1.82) is 0 Å². The highest BCUT2D eigenvalue weighted by Crippen LogP contribution is 2.38. The predicted octanol–water partition coefficient (Wildman–Crippen LogP) is 1.99. The van der Waals surface area contributed by atoms with Crippen LogP contribution in [0.15, 0.2) is 24.7 Å². The van der Waals surface area contributed by atoms with Crippen molar-refractivity contribution in [1.82, 2.24) is 14.6 Å². The Morgan fingerprint density at radius 1 is 1.24 bits per heavy atom. The van der Waals surface area contributed by atoms with Crippen molar-refractivity contribution in [2.24, 2.45) is 5.92 Å². The van der Waals surface area contributed by atoms with Gasteiger partial charge in [-0.25, -0.2) is 0 Å². The van der Waals surface area contributed by atoms with Crippen molar-refractivity contribution < 1.29 is 9.00 Å². The van der Waals surface area contributed by atoms with Crippen molar-refractivity contribution in [3.05, 3.63) is 30.2 Å². The minimum Gasteiger partial charge on any atom is -0.294 e. The van der Waals surface area contributed by atoms with E-state index in [1.807, 2.05) is 12.1 Å². The summed E-state index contributed by atoms with van der Waals surface area (Å²) in [6.07, 6.45) is 8.16. The molecule has 5 nitrogen and oxygen atoms in total. The molecule has 2 aromatic heterocycles. The molecule has 2 aromatic rings. The first kappa shape index (κ1) is 13.1. The molecule has 2 saturated heterocycles. The summed E-state index contributed by atoms with van der Waals surface area (Å²) in [6, 6.07) is 3.65. The van der Waals surface area contributed by atoms with Gasteiger partial charge in [-0.3, -0.25) is 13.4 Å². The van der Waals surface area contributed by atoms with E-state index in [2.05, 4.69) is 10.2 Å². The van der Waals surface area contributed by atoms with Gasteiger partial charge in [0.05, 0.1) is 0 Å². The van der Waals surface area contributed by atoms with Crippen LogP contribution in [0.25, 0.3) is 5.65 Å². The molecule has 6 heteroatoms. The highest BCUT2D eigenvalue weighted by Gasteiger charge is 2.40. The summed E-state index contributed by atoms with van der Waals surface area (Å²) in [5.41, 5.74) is 1.45. The van der Waals surface area contributed by atoms with Crippen LogP contribution >= 0.6 is 0 Å². The van der Waals surface area contributed by atoms with Crippen LogP contribution in [0.2, 0.25) is 0 Å². The molecule has 21 heavy (non-hydrogen) atoms. The Bertz CT molecular complexity index is 711. The van der Waals surface area contributed by atoms with E-state index in [0.717, 1.165) is 37.8 Å². The van der Waals surface area contributed by atoms with Crippen LogP contribution in [0.1, 0.15) is 42.5 Å². The lowest BCUT2D eigenvalue weighted by atomic mass is 9.85. The molecule has 0 radical (unpaired) electrons. The SMILES string of the molecule is O=C(c1ccc2nncn2c1)C1CC2CCCC(C1)S2=O. The van der Waals surface area contributed by atoms with Gasteiger partial charge in [-0.05, 0) is 37.8 Å². The fourth-order valence-electron chi connectivity index (χ4n) is 3.66. The zero-order chi connectivity index (χ0) is 14.4. The van der Waals surface area contributed by atoms with E-state index < -0.39 is 10.8 Å². The molecular formula is C15H17N3O2S. The topological polar surface area (TPSA) is 64.3 Å². The fourth-order valence-corrected chi connectivity index (χ4v) is 5.84. The molecule has 0 amide bonds. The lowest BCUT2D eigenvalue weighted by Crippen LogP contribution is -2.41. The molecule has 4 heterocycles. The number of rotatable bonds is 2. The number of Topliss-reactive ketones (excluding diaryl/α,β-unsaturated/α-hetero) is 1. The van der Waals surface area contributed by atoms with E-state index in [1.165, 1.54) is 0 Å². The number of pyridine rings is 1. The Balaban J connectivity index is 1.61. The van der Waals surface area contributed by atoms with Gasteiger partial charge in [0.2, 0.25) is 0 Å². The molecule has 2 aliphatic heterocycles. The Kier molecular flexibility index (Phi) is 3.14. The Morgan fingerprint density at radius 2 is 2.00 bits per heavy atom. The smallest absolute Gasteiger partial charge is 0.167 e. The minimum atomic E-state index is -0.723. The Morgan fingerprint density at radius 3 is 2.76 bits per heavy atom. The van der Waals surface area contributed by atoms with Crippen LogP contribution in [-0.2, 0) is 10.8 Å². The maximum Gasteiger partial charge on any atom is 0.167 e. The van der Waals surface area contributed by atoms with Gasteiger partial charge in [0, 0.05) is 39.0 Å². The summed E-state index contributed by atoms with van der Waals surface area (Å²) in [6.45, 7) is 0. The molecule has 2 unspecified atom stereocenters. The second kappa shape index (κ2) is 5.02. The number of aromatic nitrogens is 3. The van der Waals surface area contributed by atoms with E-state index in [-0.39, 0.29) is 22.2 Å². The second-order valence-electron chi connectivity index (χ2n) is 6.05. The molecule has 0 N–H and O–H groups in total. The number of ketones is 1. The maximum absolute atomic E-state index is 12.7. The third-order valence-electron chi connectivity index (χ3n) is 4.75. The molecule has 0 aliphatic carbocycles. The maximum atomic E-state index is 12.7. The molecule has 2 atom stereocenters. The van der Waals surface area contributed by atoms with Gasteiger partial charge in [0.15, 0.2) is 11.4 Å². The van der Waals surface area contributed by atoms with Crippen molar-refractivity contribution in [3.63, 3.8) is 0 Å². The van der Waals surface area contributed by atoms with Gasteiger partial charge in [-0.1, -0.05) is 6.42 Å². The summed E-state index contributed by atoms with van der Waals surface area (Å²) >= 11 is 0. The first-order valence-electron chi connectivity index (χ1n) is 7.45. The van der Waals surface area contributed by atoms with Crippen molar-refractivity contribution in [2.75, 3.05) is 0 Å². The first-order valence-corrected chi connectivity index (χ1v) is 8.73. The van der Waals surface area contributed by atoms with Crippen LogP contribution < -0.4 is 0 Å². The summed E-state index contributed by atoms with van der Waals surface area (Å²) in [4.78, 5) is 12.7. The third-order valence-corrected chi connectivity index (χ3v) is 6.92. The normalized spacial score (nSPS) is 32.2. The summed E-state index contributed by atoms with van der Waals surface area (Å²) in [5.74, 6) is 0.200. The molecule has 2 bridgehead atoms. The summed E-state index contributed by atoms with van der Waals surface area (Å²) in [5, 5.41) is 8.24. The third kappa shape index (κ3) is 2.21. The molecular weight excluding hydrogens is 286 g/mol. The fraction of sp³-hybridized carbons (Fsp3) is 0.533. The summed E-state index contributed by atoms with van der Waals surface area (Å²) in [7, 11) is -0.723. The molecule has 0 saturated carbocycles. The highest BCUT2D eigenvalue weighted by atomic mass is 32.2. The zero-order valence-corrected chi connectivity index (χ0v) is 12.5. The van der Waals surface area contributed by atoms with Gasteiger partial charge in [0.1, 0.15) is 6.33 Å². The van der Waals surface area contributed by atoms with Gasteiger partial charge in [-0.15, -0.1) is 10.2 Å². The molecule has 4 rings (SSSR count). The first-order chi connectivity index (χ1) is 10.2. The minimum absolute atomic E-state index is 0.0203. The quantitative estimate of drug-likeness (QED) is 0.796. The van der Waals surface area contributed by atoms with Crippen molar-refractivity contribution in [3.8, 4) is 0 Å². The molecule has 2 fully saturated rings. The van der Waals surface area contributed by atoms with Gasteiger partial charge in [-0.2, -0.15) is 0 Å². The Labute approximate surface area is 125 Å². The van der Waals surface area contributed by atoms with E-state index in [4.69, 9.17) is 0 Å². The van der Waals surface area contributed by atoms with E-state index in [9.17, 15) is 9.00 Å². The predicted molar refractivity (Wildman–Crippen MR) is 79.6 cm³/mol. The second-order valence-corrected chi connectivity index (χ2v) is 8.04. The van der Waals surface area contributed by atoms with Crippen LogP contribution in [0.3, 0.4) is 0 Å². The highest BCUT2D eigenvalue weighted by molar-refractivity contribution is 7.86. The Hall–Kier alpha value is -1.56. The average Bonchev–Trinajstić information content (AvgIpc) is 2.93. The number of carbonyl (C=O) groups is 1. The zero-order valence-electron chi connectivity index (χ0n) is 11.6. The monoisotopic (exact) mass is 303 g/mol. The number of fused-ring (bicyclic) bond motifs is 3. The molecule has 0 spiro atoms. The molecule has 110 valence electrons. The van der Waals surface area contributed by atoms with Crippen LogP contribution in [-0.4, -0.2) is 35.1 Å².